The molecule has 2 rings (SSSR count). The minimum atomic E-state index is -1.02. The molecule has 0 fully saturated rings. The van der Waals surface area contributed by atoms with Gasteiger partial charge in [0.25, 0.3) is 0 Å². The fraction of sp³-hybridized carbons (Fsp3) is 0.222. The molecule has 0 saturated heterocycles. The number of nitrogens with zero attached hydrogens (tertiary/aromatic N) is 1. The zero-order chi connectivity index (χ0) is 9.26. The fourth-order valence-electron chi connectivity index (χ4n) is 1.25. The molecule has 0 aliphatic heterocycles. The van der Waals surface area contributed by atoms with E-state index in [0.29, 0.717) is 0 Å². The van der Waals surface area contributed by atoms with E-state index in [1.807, 2.05) is 18.2 Å². The van der Waals surface area contributed by atoms with Crippen LogP contribution in [0.15, 0.2) is 23.7 Å². The number of rotatable bonds is 2. The van der Waals surface area contributed by atoms with E-state index in [1.165, 1.54) is 11.1 Å². The van der Waals surface area contributed by atoms with Crippen LogP contribution in [0.1, 0.15) is 5.56 Å². The van der Waals surface area contributed by atoms with Crippen LogP contribution in [0.3, 0.4) is 0 Å². The Balaban J connectivity index is 2.53. The van der Waals surface area contributed by atoms with Crippen LogP contribution < -0.4 is 0 Å². The highest BCUT2D eigenvalue weighted by molar-refractivity contribution is 9.09. The highest BCUT2D eigenvalue weighted by atomic mass is 79.9. The minimum Gasteiger partial charge on any atom is -0.589 e. The van der Waals surface area contributed by atoms with Gasteiger partial charge in [0, 0.05) is 11.4 Å². The van der Waals surface area contributed by atoms with E-state index in [0.717, 1.165) is 22.0 Å². The van der Waals surface area contributed by atoms with Gasteiger partial charge in [-0.25, -0.2) is 0 Å². The summed E-state index contributed by atoms with van der Waals surface area (Å²) >= 11 is 3.37. The zero-order valence-corrected chi connectivity index (χ0v) is 9.27. The maximum Gasteiger partial charge on any atom is 0.229 e. The van der Waals surface area contributed by atoms with Crippen molar-refractivity contribution in [2.75, 3.05) is 5.33 Å². The monoisotopic (exact) mass is 257 g/mol. The molecule has 1 unspecified atom stereocenters. The summed E-state index contributed by atoms with van der Waals surface area (Å²) in [6.07, 6.45) is 0.963. The van der Waals surface area contributed by atoms with Crippen molar-refractivity contribution in [3.8, 4) is 0 Å². The summed E-state index contributed by atoms with van der Waals surface area (Å²) in [5, 5.41) is 0.930. The van der Waals surface area contributed by atoms with E-state index < -0.39 is 10.8 Å². The van der Waals surface area contributed by atoms with Gasteiger partial charge in [0.15, 0.2) is 4.70 Å². The van der Waals surface area contributed by atoms with Crippen LogP contribution in [-0.4, -0.2) is 14.9 Å². The van der Waals surface area contributed by atoms with Crippen LogP contribution in [-0.2, 0) is 6.42 Å². The van der Waals surface area contributed by atoms with Crippen molar-refractivity contribution in [2.24, 2.45) is 0 Å². The number of hydrogen-bond donors (Lipinski definition) is 0. The van der Waals surface area contributed by atoms with Crippen LogP contribution in [0.5, 0.6) is 0 Å². The van der Waals surface area contributed by atoms with E-state index >= 15 is 0 Å². The smallest absolute Gasteiger partial charge is 0.229 e. The third-order valence-electron chi connectivity index (χ3n) is 1.91. The quantitative estimate of drug-likeness (QED) is 0.613. The van der Waals surface area contributed by atoms with Crippen molar-refractivity contribution in [3.05, 3.63) is 29.3 Å². The molecule has 0 amide bonds. The highest BCUT2D eigenvalue weighted by Crippen LogP contribution is 2.26. The Kier molecular flexibility index (Phi) is 2.62. The lowest BCUT2D eigenvalue weighted by Gasteiger charge is -1.95. The lowest BCUT2D eigenvalue weighted by Crippen LogP contribution is -1.84. The molecule has 0 radical (unpaired) electrons. The Labute approximate surface area is 87.5 Å². The molecule has 0 aliphatic rings. The Bertz CT molecular complexity index is 426. The van der Waals surface area contributed by atoms with Crippen molar-refractivity contribution in [1.29, 1.82) is 0 Å². The van der Waals surface area contributed by atoms with Crippen LogP contribution in [0, 0.1) is 0 Å². The molecule has 68 valence electrons. The van der Waals surface area contributed by atoms with Gasteiger partial charge in [-0.1, -0.05) is 22.0 Å². The lowest BCUT2D eigenvalue weighted by atomic mass is 10.2. The maximum absolute atomic E-state index is 11.4. The maximum atomic E-state index is 11.4. The molecular formula is C9H8BrNOS. The van der Waals surface area contributed by atoms with E-state index in [-0.39, 0.29) is 0 Å². The molecule has 2 aromatic rings. The third kappa shape index (κ3) is 1.75. The number of alkyl halides is 1. The van der Waals surface area contributed by atoms with Crippen molar-refractivity contribution in [3.63, 3.8) is 0 Å². The molecule has 1 aromatic heterocycles. The van der Waals surface area contributed by atoms with Gasteiger partial charge in [0.2, 0.25) is 5.51 Å². The van der Waals surface area contributed by atoms with E-state index in [9.17, 15) is 4.55 Å². The first-order valence-corrected chi connectivity index (χ1v) is 6.28. The van der Waals surface area contributed by atoms with Gasteiger partial charge in [-0.15, -0.1) is 0 Å². The predicted octanol–water partition coefficient (Wildman–Crippen LogP) is 2.90. The first kappa shape index (κ1) is 9.12. The fourth-order valence-corrected chi connectivity index (χ4v) is 2.63. The van der Waals surface area contributed by atoms with Gasteiger partial charge >= 0.3 is 0 Å². The number of aromatic nitrogens is 1. The molecule has 0 spiro atoms. The Hall–Kier alpha value is -0.450. The van der Waals surface area contributed by atoms with Gasteiger partial charge in [0.1, 0.15) is 5.52 Å². The van der Waals surface area contributed by atoms with Gasteiger partial charge in [-0.2, -0.15) is 4.98 Å². The number of thiazole rings is 1. The minimum absolute atomic E-state index is 0.844. The summed E-state index contributed by atoms with van der Waals surface area (Å²) in [5.41, 5.74) is 3.54. The molecule has 13 heavy (non-hydrogen) atoms. The van der Waals surface area contributed by atoms with Crippen LogP contribution >= 0.6 is 26.7 Å². The zero-order valence-electron chi connectivity index (χ0n) is 6.87. The van der Waals surface area contributed by atoms with Gasteiger partial charge in [-0.05, 0) is 28.8 Å². The first-order valence-electron chi connectivity index (χ1n) is 3.95. The van der Waals surface area contributed by atoms with Crippen LogP contribution in [0.2, 0.25) is 0 Å². The average Bonchev–Trinajstić information content (AvgIpc) is 2.49. The lowest BCUT2D eigenvalue weighted by molar-refractivity contribution is 0.599. The number of hydrogen-bond acceptors (Lipinski definition) is 2. The van der Waals surface area contributed by atoms with Gasteiger partial charge in [-0.3, -0.25) is 0 Å². The van der Waals surface area contributed by atoms with Crippen molar-refractivity contribution in [1.82, 2.24) is 4.98 Å². The van der Waals surface area contributed by atoms with Gasteiger partial charge < -0.3 is 4.55 Å². The van der Waals surface area contributed by atoms with E-state index in [4.69, 9.17) is 0 Å². The van der Waals surface area contributed by atoms with Crippen molar-refractivity contribution >= 4 is 36.9 Å². The SMILES string of the molecule is [O-][s+]1cnc2ccc(CCBr)cc21. The predicted molar refractivity (Wildman–Crippen MR) is 57.9 cm³/mol. The second-order valence-electron chi connectivity index (χ2n) is 2.77. The molecule has 1 atom stereocenters. The summed E-state index contributed by atoms with van der Waals surface area (Å²) < 4.78 is 12.2. The second kappa shape index (κ2) is 3.74. The Morgan fingerprint density at radius 2 is 2.31 bits per heavy atom. The second-order valence-corrected chi connectivity index (χ2v) is 4.81. The van der Waals surface area contributed by atoms with Crippen LogP contribution in [0.25, 0.3) is 10.2 Å². The number of halogens is 1. The summed E-state index contributed by atoms with van der Waals surface area (Å²) in [6, 6.07) is 5.92. The molecule has 0 aliphatic carbocycles. The molecule has 0 bridgehead atoms. The normalized spacial score (nSPS) is 12.3. The summed E-state index contributed by atoms with van der Waals surface area (Å²) in [7, 11) is -1.02. The third-order valence-corrected chi connectivity index (χ3v) is 3.37. The summed E-state index contributed by atoms with van der Waals surface area (Å²) in [5.74, 6) is 0. The number of aryl methyl sites for hydroxylation is 1. The topological polar surface area (TPSA) is 36.0 Å². The molecule has 1 heterocycles. The molecule has 1 aromatic carbocycles. The molecule has 0 saturated carbocycles. The standard InChI is InChI=1S/C9H8BrNOS/c10-4-3-7-1-2-8-9(5-7)13(12)6-11-8/h1-2,5-6H,3-4H2. The largest absolute Gasteiger partial charge is 0.589 e. The summed E-state index contributed by atoms with van der Waals surface area (Å²) in [4.78, 5) is 4.04. The Morgan fingerprint density at radius 1 is 1.46 bits per heavy atom. The summed E-state index contributed by atoms with van der Waals surface area (Å²) in [6.45, 7) is 0. The van der Waals surface area contributed by atoms with Crippen molar-refractivity contribution in [2.45, 2.75) is 6.42 Å². The number of benzene rings is 1. The molecular weight excluding hydrogens is 250 g/mol. The van der Waals surface area contributed by atoms with E-state index in [1.54, 1.807) is 0 Å². The molecule has 2 nitrogen and oxygen atoms in total. The molecule has 0 N–H and O–H groups in total. The van der Waals surface area contributed by atoms with Crippen molar-refractivity contribution < 1.29 is 4.55 Å². The first-order chi connectivity index (χ1) is 6.31. The molecule has 4 heteroatoms. The highest BCUT2D eigenvalue weighted by Gasteiger charge is 2.06. The number of fused-ring (bicyclic) bond motifs is 1. The van der Waals surface area contributed by atoms with Gasteiger partial charge in [0.05, 0.1) is 0 Å². The average molecular weight is 258 g/mol. The van der Waals surface area contributed by atoms with Crippen LogP contribution in [0.4, 0.5) is 0 Å². The van der Waals surface area contributed by atoms with E-state index in [2.05, 4.69) is 20.9 Å². The Morgan fingerprint density at radius 3 is 3.08 bits per heavy atom.